The van der Waals surface area contributed by atoms with Gasteiger partial charge in [0.15, 0.2) is 18.1 Å². The van der Waals surface area contributed by atoms with Gasteiger partial charge in [-0.05, 0) is 43.5 Å². The highest BCUT2D eigenvalue weighted by molar-refractivity contribution is 5.86. The molecule has 2 aliphatic heterocycles. The molecule has 158 valence electrons. The molecule has 9 heteroatoms. The zero-order chi connectivity index (χ0) is 21.2. The van der Waals surface area contributed by atoms with E-state index in [0.29, 0.717) is 17.2 Å². The fourth-order valence-electron chi connectivity index (χ4n) is 4.33. The van der Waals surface area contributed by atoms with E-state index in [1.807, 2.05) is 54.9 Å². The highest BCUT2D eigenvalue weighted by atomic mass is 16.8. The molecule has 0 unspecified atom stereocenters. The molecule has 1 aromatic carbocycles. The largest absolute Gasteiger partial charge is 0.462 e. The van der Waals surface area contributed by atoms with Gasteiger partial charge in [0.2, 0.25) is 6.29 Å². The zero-order valence-electron chi connectivity index (χ0n) is 17.0. The van der Waals surface area contributed by atoms with Gasteiger partial charge in [0.05, 0.1) is 5.39 Å². The van der Waals surface area contributed by atoms with Crippen LogP contribution in [0.2, 0.25) is 0 Å². The van der Waals surface area contributed by atoms with Crippen LogP contribution in [0.15, 0.2) is 55.2 Å². The van der Waals surface area contributed by atoms with Crippen LogP contribution in [0.4, 0.5) is 5.82 Å². The van der Waals surface area contributed by atoms with Crippen LogP contribution in [0.5, 0.6) is 5.75 Å². The minimum Gasteiger partial charge on any atom is -0.462 e. The molecule has 6 rings (SSSR count). The molecule has 3 aromatic heterocycles. The quantitative estimate of drug-likeness (QED) is 0.540. The summed E-state index contributed by atoms with van der Waals surface area (Å²) in [5.74, 6) is 0.324. The molecular weight excluding hydrogens is 398 g/mol. The highest BCUT2D eigenvalue weighted by Gasteiger charge is 2.57. The van der Waals surface area contributed by atoms with Crippen molar-refractivity contribution < 1.29 is 18.9 Å². The number of aromatic nitrogens is 4. The van der Waals surface area contributed by atoms with Crippen molar-refractivity contribution in [3.63, 3.8) is 0 Å². The van der Waals surface area contributed by atoms with Crippen molar-refractivity contribution in [3.8, 4) is 5.75 Å². The van der Waals surface area contributed by atoms with Crippen LogP contribution < -0.4 is 10.5 Å². The van der Waals surface area contributed by atoms with E-state index in [-0.39, 0.29) is 6.10 Å². The molecule has 2 N–H and O–H groups in total. The number of pyridine rings is 1. The third kappa shape index (κ3) is 3.01. The number of anilines is 1. The molecule has 4 aromatic rings. The normalized spacial score (nSPS) is 27.0. The lowest BCUT2D eigenvalue weighted by atomic mass is 10.2. The van der Waals surface area contributed by atoms with Gasteiger partial charge in [-0.1, -0.05) is 6.07 Å². The molecule has 0 spiro atoms. The molecule has 2 fully saturated rings. The predicted octanol–water partition coefficient (Wildman–Crippen LogP) is 3.02. The summed E-state index contributed by atoms with van der Waals surface area (Å²) < 4.78 is 26.8. The van der Waals surface area contributed by atoms with Gasteiger partial charge < -0.3 is 29.2 Å². The molecule has 0 amide bonds. The molecule has 0 aliphatic carbocycles. The Morgan fingerprint density at radius 1 is 1.06 bits per heavy atom. The molecule has 0 saturated carbocycles. The summed E-state index contributed by atoms with van der Waals surface area (Å²) >= 11 is 0. The number of fused-ring (bicyclic) bond motifs is 3. The van der Waals surface area contributed by atoms with Crippen molar-refractivity contribution >= 4 is 27.6 Å². The van der Waals surface area contributed by atoms with Gasteiger partial charge in [0.25, 0.3) is 0 Å². The lowest BCUT2D eigenvalue weighted by molar-refractivity contribution is -0.224. The first kappa shape index (κ1) is 18.5. The van der Waals surface area contributed by atoms with Crippen molar-refractivity contribution in [2.75, 3.05) is 5.73 Å². The van der Waals surface area contributed by atoms with Crippen molar-refractivity contribution in [1.82, 2.24) is 19.5 Å². The van der Waals surface area contributed by atoms with E-state index in [1.54, 1.807) is 12.4 Å². The summed E-state index contributed by atoms with van der Waals surface area (Å²) in [6.07, 6.45) is 4.92. The van der Waals surface area contributed by atoms with E-state index >= 15 is 0 Å². The molecule has 2 saturated heterocycles. The minimum atomic E-state index is -0.761. The second kappa shape index (κ2) is 6.61. The van der Waals surface area contributed by atoms with Crippen molar-refractivity contribution in [2.45, 2.75) is 44.4 Å². The summed E-state index contributed by atoms with van der Waals surface area (Å²) in [7, 11) is 0. The number of rotatable bonds is 3. The number of ether oxygens (including phenoxy) is 4. The van der Waals surface area contributed by atoms with E-state index in [9.17, 15) is 0 Å². The first-order valence-electron chi connectivity index (χ1n) is 10.1. The SMILES string of the molecule is CC1(C)O[C@@H]2[C@@H](Oc3ccc4ccncc4c3)O[C@@H](n3ccc4c(N)ncnc43)[C@@H]2O1. The first-order chi connectivity index (χ1) is 15.0. The second-order valence-electron chi connectivity index (χ2n) is 8.18. The Hall–Kier alpha value is -3.27. The first-order valence-corrected chi connectivity index (χ1v) is 10.1. The monoisotopic (exact) mass is 419 g/mol. The second-order valence-corrected chi connectivity index (χ2v) is 8.18. The van der Waals surface area contributed by atoms with Crippen molar-refractivity contribution in [1.29, 1.82) is 0 Å². The van der Waals surface area contributed by atoms with E-state index < -0.39 is 24.4 Å². The number of hydrogen-bond donors (Lipinski definition) is 1. The summed E-state index contributed by atoms with van der Waals surface area (Å²) in [5, 5.41) is 2.83. The van der Waals surface area contributed by atoms with Crippen LogP contribution in [-0.2, 0) is 14.2 Å². The van der Waals surface area contributed by atoms with Gasteiger partial charge >= 0.3 is 0 Å². The standard InChI is InChI=1S/C22H21N5O4/c1-22(2)30-16-17(31-22)21(28-14-4-3-12-5-7-24-10-13(12)9-14)29-20(16)27-8-6-15-18(23)25-11-26-19(15)27/h3-11,16-17,20-21H,1-2H3,(H2,23,25,26)/t16-,17+,20-,21+/m1/s1. The molecule has 9 nitrogen and oxygen atoms in total. The van der Waals surface area contributed by atoms with Gasteiger partial charge in [-0.25, -0.2) is 9.97 Å². The maximum absolute atomic E-state index is 6.30. The predicted molar refractivity (Wildman–Crippen MR) is 112 cm³/mol. The average molecular weight is 419 g/mol. The molecular formula is C22H21N5O4. The van der Waals surface area contributed by atoms with Crippen LogP contribution in [0.1, 0.15) is 20.1 Å². The van der Waals surface area contributed by atoms with Gasteiger partial charge in [0, 0.05) is 24.0 Å². The van der Waals surface area contributed by atoms with Gasteiger partial charge in [0.1, 0.15) is 29.6 Å². The Kier molecular flexibility index (Phi) is 3.95. The van der Waals surface area contributed by atoms with E-state index in [2.05, 4.69) is 15.0 Å². The molecule has 4 atom stereocenters. The minimum absolute atomic E-state index is 0.381. The number of hydrogen-bond acceptors (Lipinski definition) is 8. The van der Waals surface area contributed by atoms with Gasteiger partial charge in [-0.3, -0.25) is 4.98 Å². The summed E-state index contributed by atoms with van der Waals surface area (Å²) in [6, 6.07) is 9.67. The Bertz CT molecular complexity index is 1290. The zero-order valence-corrected chi connectivity index (χ0v) is 17.0. The fourth-order valence-corrected chi connectivity index (χ4v) is 4.33. The lowest BCUT2D eigenvalue weighted by Crippen LogP contribution is -2.33. The molecule has 0 radical (unpaired) electrons. The average Bonchev–Trinajstić information content (AvgIpc) is 3.40. The maximum atomic E-state index is 6.30. The van der Waals surface area contributed by atoms with E-state index in [0.717, 1.165) is 16.2 Å². The Balaban J connectivity index is 1.35. The summed E-state index contributed by atoms with van der Waals surface area (Å²) in [5.41, 5.74) is 6.67. The summed E-state index contributed by atoms with van der Waals surface area (Å²) in [6.45, 7) is 3.77. The number of benzene rings is 1. The van der Waals surface area contributed by atoms with Crippen molar-refractivity contribution in [3.05, 3.63) is 55.2 Å². The molecule has 0 bridgehead atoms. The number of nitrogen functional groups attached to an aromatic ring is 1. The Morgan fingerprint density at radius 3 is 2.84 bits per heavy atom. The Morgan fingerprint density at radius 2 is 1.94 bits per heavy atom. The van der Waals surface area contributed by atoms with Crippen LogP contribution in [0.25, 0.3) is 21.8 Å². The summed E-state index contributed by atoms with van der Waals surface area (Å²) in [4.78, 5) is 12.6. The van der Waals surface area contributed by atoms with E-state index in [1.165, 1.54) is 6.33 Å². The molecule has 31 heavy (non-hydrogen) atoms. The van der Waals surface area contributed by atoms with Crippen LogP contribution in [0, 0.1) is 0 Å². The van der Waals surface area contributed by atoms with Gasteiger partial charge in [-0.2, -0.15) is 0 Å². The third-order valence-electron chi connectivity index (χ3n) is 5.66. The van der Waals surface area contributed by atoms with Crippen LogP contribution in [0.3, 0.4) is 0 Å². The molecule has 2 aliphatic rings. The van der Waals surface area contributed by atoms with Gasteiger partial charge in [-0.15, -0.1) is 0 Å². The number of nitrogens with two attached hydrogens (primary N) is 1. The molecule has 5 heterocycles. The maximum Gasteiger partial charge on any atom is 0.231 e. The smallest absolute Gasteiger partial charge is 0.231 e. The van der Waals surface area contributed by atoms with E-state index in [4.69, 9.17) is 24.7 Å². The topological polar surface area (TPSA) is 107 Å². The Labute approximate surface area is 177 Å². The third-order valence-corrected chi connectivity index (χ3v) is 5.66. The number of nitrogens with zero attached hydrogens (tertiary/aromatic N) is 4. The van der Waals surface area contributed by atoms with Crippen molar-refractivity contribution in [2.24, 2.45) is 0 Å². The lowest BCUT2D eigenvalue weighted by Gasteiger charge is -2.25. The highest BCUT2D eigenvalue weighted by Crippen LogP contribution is 2.44. The van der Waals surface area contributed by atoms with Crippen LogP contribution in [-0.4, -0.2) is 43.8 Å². The van der Waals surface area contributed by atoms with Crippen LogP contribution >= 0.6 is 0 Å². The fraction of sp³-hybridized carbons (Fsp3) is 0.318.